The molecule has 2 aliphatic heterocycles. The van der Waals surface area contributed by atoms with E-state index >= 15 is 0 Å². The number of rotatable bonds is 5. The molecule has 12 nitrogen and oxygen atoms in total. The number of alkyl carbamates (subject to hydrolysis) is 1. The van der Waals surface area contributed by atoms with Crippen LogP contribution in [-0.2, 0) is 20.6 Å². The Labute approximate surface area is 185 Å². The number of carbonyl (C=O) groups is 2. The average molecular weight is 447 g/mol. The molecule has 12 heteroatoms. The lowest BCUT2D eigenvalue weighted by atomic mass is 10.1. The average Bonchev–Trinajstić information content (AvgIpc) is 3.27. The van der Waals surface area contributed by atoms with E-state index in [1.54, 1.807) is 4.90 Å². The normalized spacial score (nSPS) is 17.4. The highest BCUT2D eigenvalue weighted by molar-refractivity contribution is 5.87. The van der Waals surface area contributed by atoms with E-state index in [1.807, 2.05) is 10.9 Å². The van der Waals surface area contributed by atoms with E-state index in [4.69, 9.17) is 19.4 Å². The highest BCUT2D eigenvalue weighted by atomic mass is 16.5. The predicted octanol–water partition coefficient (Wildman–Crippen LogP) is 0.965. The first kappa shape index (κ1) is 22.1. The first-order valence-electron chi connectivity index (χ1n) is 10.8. The van der Waals surface area contributed by atoms with Gasteiger partial charge in [-0.25, -0.2) is 24.2 Å². The number of anilines is 1. The maximum Gasteiger partial charge on any atom is 0.409 e. The number of aromatic nitrogens is 4. The molecule has 0 saturated carbocycles. The molecule has 2 fully saturated rings. The lowest BCUT2D eigenvalue weighted by molar-refractivity contribution is 0.106. The van der Waals surface area contributed by atoms with E-state index in [-0.39, 0.29) is 12.1 Å². The van der Waals surface area contributed by atoms with Crippen LogP contribution in [0.2, 0.25) is 0 Å². The molecule has 4 rings (SSSR count). The van der Waals surface area contributed by atoms with E-state index in [1.165, 1.54) is 14.2 Å². The molecule has 2 aromatic heterocycles. The summed E-state index contributed by atoms with van der Waals surface area (Å²) in [7, 11) is 2.73. The smallest absolute Gasteiger partial charge is 0.409 e. The SMILES string of the molecule is COC(=O)NCCc1nc(N2CCOCC2)c2cnn(C3CCN(C(=O)OC)CC3)c2n1. The number of hydrogen-bond acceptors (Lipinski definition) is 9. The van der Waals surface area contributed by atoms with E-state index in [0.29, 0.717) is 45.1 Å². The number of nitrogens with zero attached hydrogens (tertiary/aromatic N) is 6. The molecular formula is C20H29N7O5. The zero-order valence-electron chi connectivity index (χ0n) is 18.5. The third-order valence-corrected chi connectivity index (χ3v) is 5.84. The van der Waals surface area contributed by atoms with Crippen molar-refractivity contribution in [3.05, 3.63) is 12.0 Å². The highest BCUT2D eigenvalue weighted by Gasteiger charge is 2.27. The predicted molar refractivity (Wildman–Crippen MR) is 115 cm³/mol. The van der Waals surface area contributed by atoms with Crippen molar-refractivity contribution >= 4 is 29.0 Å². The van der Waals surface area contributed by atoms with Crippen LogP contribution in [0.5, 0.6) is 0 Å². The van der Waals surface area contributed by atoms with Gasteiger partial charge >= 0.3 is 12.2 Å². The third-order valence-electron chi connectivity index (χ3n) is 5.84. The Morgan fingerprint density at radius 1 is 1.12 bits per heavy atom. The molecule has 4 heterocycles. The molecule has 2 aromatic rings. The van der Waals surface area contributed by atoms with E-state index in [0.717, 1.165) is 42.8 Å². The van der Waals surface area contributed by atoms with Crippen molar-refractivity contribution in [3.8, 4) is 0 Å². The Hall–Kier alpha value is -3.15. The van der Waals surface area contributed by atoms with Crippen LogP contribution in [0.15, 0.2) is 6.20 Å². The van der Waals surface area contributed by atoms with Crippen LogP contribution in [0, 0.1) is 0 Å². The minimum atomic E-state index is -0.484. The summed E-state index contributed by atoms with van der Waals surface area (Å²) in [6.45, 7) is 4.36. The van der Waals surface area contributed by atoms with E-state index < -0.39 is 6.09 Å². The van der Waals surface area contributed by atoms with Gasteiger partial charge in [0.25, 0.3) is 0 Å². The fourth-order valence-corrected chi connectivity index (χ4v) is 4.12. The van der Waals surface area contributed by atoms with Gasteiger partial charge in [-0.3, -0.25) is 0 Å². The fourth-order valence-electron chi connectivity index (χ4n) is 4.12. The van der Waals surface area contributed by atoms with Gasteiger partial charge < -0.3 is 29.3 Å². The van der Waals surface area contributed by atoms with Crippen molar-refractivity contribution in [2.24, 2.45) is 0 Å². The van der Waals surface area contributed by atoms with Gasteiger partial charge in [-0.05, 0) is 12.8 Å². The van der Waals surface area contributed by atoms with Crippen LogP contribution >= 0.6 is 0 Å². The molecule has 0 atom stereocenters. The summed E-state index contributed by atoms with van der Waals surface area (Å²) in [4.78, 5) is 36.7. The Balaban J connectivity index is 1.60. The van der Waals surface area contributed by atoms with Crippen LogP contribution in [0.3, 0.4) is 0 Å². The minimum Gasteiger partial charge on any atom is -0.453 e. The Kier molecular flexibility index (Phi) is 6.88. The number of amides is 2. The molecule has 0 spiro atoms. The number of carbonyl (C=O) groups excluding carboxylic acids is 2. The van der Waals surface area contributed by atoms with Gasteiger partial charge in [-0.15, -0.1) is 0 Å². The molecule has 0 aliphatic carbocycles. The summed E-state index contributed by atoms with van der Waals surface area (Å²) in [6, 6.07) is 0.127. The molecule has 1 N–H and O–H groups in total. The zero-order valence-corrected chi connectivity index (χ0v) is 18.5. The molecule has 2 saturated heterocycles. The topological polar surface area (TPSA) is 124 Å². The molecular weight excluding hydrogens is 418 g/mol. The van der Waals surface area contributed by atoms with Crippen molar-refractivity contribution in [2.45, 2.75) is 25.3 Å². The van der Waals surface area contributed by atoms with Crippen LogP contribution in [0.25, 0.3) is 11.0 Å². The molecule has 0 aromatic carbocycles. The van der Waals surface area contributed by atoms with Crippen molar-refractivity contribution < 1.29 is 23.8 Å². The number of ether oxygens (including phenoxy) is 3. The molecule has 0 unspecified atom stereocenters. The second-order valence-electron chi connectivity index (χ2n) is 7.75. The summed E-state index contributed by atoms with van der Waals surface area (Å²) in [5.41, 5.74) is 0.770. The van der Waals surface area contributed by atoms with E-state index in [2.05, 4.69) is 20.1 Å². The second-order valence-corrected chi connectivity index (χ2v) is 7.75. The molecule has 32 heavy (non-hydrogen) atoms. The van der Waals surface area contributed by atoms with Crippen LogP contribution in [0.1, 0.15) is 24.7 Å². The summed E-state index contributed by atoms with van der Waals surface area (Å²) < 4.78 is 16.9. The van der Waals surface area contributed by atoms with Gasteiger partial charge in [0.1, 0.15) is 11.6 Å². The van der Waals surface area contributed by atoms with E-state index in [9.17, 15) is 9.59 Å². The minimum absolute atomic E-state index is 0.127. The summed E-state index contributed by atoms with van der Waals surface area (Å²) in [6.07, 6.45) is 3.04. The van der Waals surface area contributed by atoms with Gasteiger partial charge in [-0.1, -0.05) is 0 Å². The van der Waals surface area contributed by atoms with Gasteiger partial charge in [0.05, 0.1) is 45.1 Å². The Morgan fingerprint density at radius 3 is 2.56 bits per heavy atom. The number of nitrogens with one attached hydrogen (secondary N) is 1. The molecule has 0 bridgehead atoms. The highest BCUT2D eigenvalue weighted by Crippen LogP contribution is 2.30. The first-order chi connectivity index (χ1) is 15.6. The largest absolute Gasteiger partial charge is 0.453 e. The number of fused-ring (bicyclic) bond motifs is 1. The monoisotopic (exact) mass is 447 g/mol. The number of piperidine rings is 1. The number of methoxy groups -OCH3 is 2. The Bertz CT molecular complexity index is 951. The third kappa shape index (κ3) is 4.69. The maximum atomic E-state index is 11.8. The summed E-state index contributed by atoms with van der Waals surface area (Å²) in [5, 5.41) is 8.23. The van der Waals surface area contributed by atoms with Crippen LogP contribution in [0.4, 0.5) is 15.4 Å². The van der Waals surface area contributed by atoms with Crippen LogP contribution < -0.4 is 10.2 Å². The van der Waals surface area contributed by atoms with Gasteiger partial charge in [0, 0.05) is 39.1 Å². The van der Waals surface area contributed by atoms with Crippen molar-refractivity contribution in [2.75, 3.05) is 65.1 Å². The number of likely N-dealkylation sites (tertiary alicyclic amines) is 1. The van der Waals surface area contributed by atoms with Crippen molar-refractivity contribution in [1.82, 2.24) is 30.0 Å². The van der Waals surface area contributed by atoms with Gasteiger partial charge in [-0.2, -0.15) is 5.10 Å². The maximum absolute atomic E-state index is 11.8. The standard InChI is InChI=1S/C20H29N7O5/c1-30-19(28)21-6-3-16-23-17(25-9-11-32-12-10-25)15-13-22-27(18(15)24-16)14-4-7-26(8-5-14)20(29)31-2/h13-14H,3-12H2,1-2H3,(H,21,28). The van der Waals surface area contributed by atoms with Gasteiger partial charge in [0.15, 0.2) is 5.65 Å². The summed E-state index contributed by atoms with van der Waals surface area (Å²) >= 11 is 0. The molecule has 174 valence electrons. The van der Waals surface area contributed by atoms with Crippen molar-refractivity contribution in [1.29, 1.82) is 0 Å². The lowest BCUT2D eigenvalue weighted by Crippen LogP contribution is -2.39. The van der Waals surface area contributed by atoms with Crippen LogP contribution in [-0.4, -0.2) is 97.0 Å². The summed E-state index contributed by atoms with van der Waals surface area (Å²) in [5.74, 6) is 1.47. The fraction of sp³-hybridized carbons (Fsp3) is 0.650. The molecule has 2 aliphatic rings. The first-order valence-corrected chi connectivity index (χ1v) is 10.8. The molecule has 0 radical (unpaired) electrons. The quantitative estimate of drug-likeness (QED) is 0.714. The lowest BCUT2D eigenvalue weighted by Gasteiger charge is -2.31. The van der Waals surface area contributed by atoms with Gasteiger partial charge in [0.2, 0.25) is 0 Å². The molecule has 2 amide bonds. The number of morpholine rings is 1. The Morgan fingerprint density at radius 2 is 1.88 bits per heavy atom. The second kappa shape index (κ2) is 9.98. The zero-order chi connectivity index (χ0) is 22.5. The number of hydrogen-bond donors (Lipinski definition) is 1. The van der Waals surface area contributed by atoms with Crippen molar-refractivity contribution in [3.63, 3.8) is 0 Å².